The topological polar surface area (TPSA) is 23.6 Å². The molecule has 0 unspecified atom stereocenters. The average molecular weight is 161 g/mol. The van der Waals surface area contributed by atoms with E-state index in [1.807, 2.05) is 0 Å². The summed E-state index contributed by atoms with van der Waals surface area (Å²) in [5.41, 5.74) is 0. The van der Waals surface area contributed by atoms with E-state index in [1.54, 1.807) is 6.92 Å². The highest BCUT2D eigenvalue weighted by molar-refractivity contribution is 5.77. The fourth-order valence-corrected chi connectivity index (χ4v) is 1.32. The van der Waals surface area contributed by atoms with E-state index in [0.717, 1.165) is 26.2 Å². The summed E-state index contributed by atoms with van der Waals surface area (Å²) in [6.07, 6.45) is 0. The van der Waals surface area contributed by atoms with Crippen LogP contribution in [0.3, 0.4) is 0 Å². The highest BCUT2D eigenvalue weighted by Gasteiger charge is 2.13. The van der Waals surface area contributed by atoms with Crippen molar-refractivity contribution < 1.29 is 4.79 Å². The molecule has 3 nitrogen and oxygen atoms in total. The predicted octanol–water partition coefficient (Wildman–Crippen LogP) is -0.177. The van der Waals surface area contributed by atoms with Gasteiger partial charge in [-0.05, 0) is 14.0 Å². The number of Topliss-reactive ketones (excluding diaryl/α,β-unsaturated/α-hetero) is 1. The Morgan fingerprint density at radius 2 is 1.82 bits per heavy atom. The van der Waals surface area contributed by atoms with Crippen LogP contribution < -0.4 is 0 Å². The molecule has 0 N–H and O–H groups in total. The lowest BCUT2D eigenvalue weighted by Gasteiger charge is -2.31. The molecule has 11 heavy (non-hydrogen) atoms. The summed E-state index contributed by atoms with van der Waals surface area (Å²) in [4.78, 5) is 15.2. The van der Waals surface area contributed by atoms with Crippen molar-refractivity contribution in [2.75, 3.05) is 39.8 Å². The van der Waals surface area contributed by atoms with Gasteiger partial charge in [0.15, 0.2) is 0 Å². The molecular formula is C8H16N2O. The molecule has 1 aliphatic rings. The zero-order valence-electron chi connectivity index (χ0n) is 7.34. The van der Waals surface area contributed by atoms with Gasteiger partial charge >= 0.3 is 0 Å². The quantitative estimate of drug-likeness (QED) is 0.319. The Morgan fingerprint density at radius 1 is 1.27 bits per heavy atom. The Labute approximate surface area is 68.0 Å². The van der Waals surface area contributed by atoms with Gasteiger partial charge in [-0.25, -0.2) is 0 Å². The van der Waals surface area contributed by atoms with Gasteiger partial charge in [-0.1, -0.05) is 0 Å². The number of ketones is 1. The third-order valence-electron chi connectivity index (χ3n) is 2.04. The van der Waals surface area contributed by atoms with Gasteiger partial charge in [-0.2, -0.15) is 0 Å². The van der Waals surface area contributed by atoms with Crippen molar-refractivity contribution in [1.29, 1.82) is 0 Å². The lowest BCUT2D eigenvalue weighted by molar-refractivity contribution is -0.118. The van der Waals surface area contributed by atoms with Crippen molar-refractivity contribution in [1.82, 2.24) is 9.80 Å². The molecule has 3 heteroatoms. The molecule has 0 aliphatic carbocycles. The molecule has 1 rings (SSSR count). The first-order valence-electron chi connectivity index (χ1n) is 4.09. The second-order valence-electron chi connectivity index (χ2n) is 3.28. The second kappa shape index (κ2) is 3.83. The number of carbonyl (C=O) groups excluding carboxylic acids is 1. The number of hydrogen-bond acceptors (Lipinski definition) is 3. The number of piperazine rings is 1. The molecule has 64 valence electrons. The van der Waals surface area contributed by atoms with E-state index in [9.17, 15) is 4.79 Å². The maximum absolute atomic E-state index is 10.7. The highest BCUT2D eigenvalue weighted by Crippen LogP contribution is 1.97. The number of likely N-dealkylation sites (N-methyl/N-ethyl adjacent to an activating group) is 1. The second-order valence-corrected chi connectivity index (χ2v) is 3.28. The van der Waals surface area contributed by atoms with Gasteiger partial charge in [0, 0.05) is 26.2 Å². The molecule has 0 aromatic carbocycles. The normalized spacial score (nSPS) is 22.0. The lowest BCUT2D eigenvalue weighted by Crippen LogP contribution is -2.45. The van der Waals surface area contributed by atoms with Gasteiger partial charge in [0.05, 0.1) is 6.54 Å². The first kappa shape index (κ1) is 8.68. The van der Waals surface area contributed by atoms with Crippen molar-refractivity contribution in [3.8, 4) is 0 Å². The zero-order valence-corrected chi connectivity index (χ0v) is 7.34. The van der Waals surface area contributed by atoms with Gasteiger partial charge < -0.3 is 4.90 Å². The Balaban J connectivity index is 2.22. The fraction of sp³-hybridized carbons (Fsp3) is 0.875. The number of carbonyl (C=O) groups is 1. The van der Waals surface area contributed by atoms with Crippen molar-refractivity contribution >= 4 is 5.78 Å². The van der Waals surface area contributed by atoms with E-state index in [4.69, 9.17) is 0 Å². The third kappa shape index (κ3) is 2.99. The van der Waals surface area contributed by atoms with Crippen LogP contribution in [-0.4, -0.2) is 55.4 Å². The zero-order chi connectivity index (χ0) is 8.27. The minimum atomic E-state index is 0.273. The van der Waals surface area contributed by atoms with Gasteiger partial charge in [0.25, 0.3) is 0 Å². The van der Waals surface area contributed by atoms with Crippen molar-refractivity contribution in [3.63, 3.8) is 0 Å². The van der Waals surface area contributed by atoms with Crippen molar-refractivity contribution in [2.45, 2.75) is 6.92 Å². The number of rotatable bonds is 2. The first-order valence-corrected chi connectivity index (χ1v) is 4.09. The minimum Gasteiger partial charge on any atom is -0.304 e. The molecule has 0 bridgehead atoms. The van der Waals surface area contributed by atoms with Crippen LogP contribution in [0.5, 0.6) is 0 Å². The molecule has 0 aromatic rings. The maximum Gasteiger partial charge on any atom is 0.143 e. The smallest absolute Gasteiger partial charge is 0.143 e. The summed E-state index contributed by atoms with van der Waals surface area (Å²) in [5.74, 6) is 0.273. The standard InChI is InChI=1S/C8H16N2O/c1-8(11)7-10-5-3-9(2)4-6-10/h3-7H2,1-2H3/i8+1,9+1,10+1,11+2. The van der Waals surface area contributed by atoms with Crippen LogP contribution in [0.4, 0.5) is 0 Å². The molecule has 0 radical (unpaired) electrons. The Hall–Kier alpha value is -0.410. The summed E-state index contributed by atoms with van der Waals surface area (Å²) in [6.45, 7) is 6.54. The molecule has 0 atom stereocenters. The molecule has 1 aliphatic heterocycles. The van der Waals surface area contributed by atoms with E-state index in [-0.39, 0.29) is 5.78 Å². The van der Waals surface area contributed by atoms with Crippen molar-refractivity contribution in [3.05, 3.63) is 0 Å². The number of nitrogens with zero attached hydrogens (tertiary/aromatic N) is 2. The Bertz CT molecular complexity index is 139. The highest BCUT2D eigenvalue weighted by atomic mass is 18.1. The minimum absolute atomic E-state index is 0.273. The summed E-state index contributed by atoms with van der Waals surface area (Å²) < 4.78 is 0. The SMILES string of the molecule is C[13C](=[18O])C[15N]1CC[15N](C)CC1. The molecule has 0 spiro atoms. The van der Waals surface area contributed by atoms with Crippen LogP contribution in [0.1, 0.15) is 6.92 Å². The summed E-state index contributed by atoms with van der Waals surface area (Å²) in [7, 11) is 2.12. The predicted molar refractivity (Wildman–Crippen MR) is 44.6 cm³/mol. The first-order chi connectivity index (χ1) is 5.18. The molecule has 1 fully saturated rings. The Kier molecular flexibility index (Phi) is 3.02. The molecule has 0 amide bonds. The van der Waals surface area contributed by atoms with E-state index in [2.05, 4.69) is 16.8 Å². The third-order valence-corrected chi connectivity index (χ3v) is 2.04. The van der Waals surface area contributed by atoms with Crippen LogP contribution in [0.15, 0.2) is 0 Å². The lowest BCUT2D eigenvalue weighted by atomic mass is 10.5. The van der Waals surface area contributed by atoms with Crippen LogP contribution >= 0.6 is 0 Å². The van der Waals surface area contributed by atoms with Crippen LogP contribution in [0.2, 0.25) is 0 Å². The molecule has 1 saturated heterocycles. The van der Waals surface area contributed by atoms with E-state index < -0.39 is 0 Å². The molecule has 0 aromatic heterocycles. The van der Waals surface area contributed by atoms with Gasteiger partial charge in [0.2, 0.25) is 0 Å². The molecule has 0 saturated carbocycles. The van der Waals surface area contributed by atoms with Gasteiger partial charge in [-0.3, -0.25) is 9.69 Å². The Morgan fingerprint density at radius 3 is 2.27 bits per heavy atom. The number of hydrogen-bond donors (Lipinski definition) is 0. The van der Waals surface area contributed by atoms with Crippen LogP contribution in [0.25, 0.3) is 0 Å². The summed E-state index contributed by atoms with van der Waals surface area (Å²) >= 11 is 0. The average Bonchev–Trinajstić information content (AvgIpc) is 1.93. The van der Waals surface area contributed by atoms with Gasteiger partial charge in [-0.15, -0.1) is 0 Å². The monoisotopic (exact) mass is 161 g/mol. The van der Waals surface area contributed by atoms with E-state index in [0.29, 0.717) is 6.54 Å². The summed E-state index contributed by atoms with van der Waals surface area (Å²) in [6, 6.07) is 0. The van der Waals surface area contributed by atoms with E-state index >= 15 is 0 Å². The van der Waals surface area contributed by atoms with Gasteiger partial charge in [0.1, 0.15) is 5.78 Å². The maximum atomic E-state index is 10.7. The largest absolute Gasteiger partial charge is 0.304 e. The fourth-order valence-electron chi connectivity index (χ4n) is 1.32. The molecule has 1 heterocycles. The van der Waals surface area contributed by atoms with Crippen LogP contribution in [0, 0.1) is 0 Å². The molecular weight excluding hydrogens is 145 g/mol. The van der Waals surface area contributed by atoms with Crippen LogP contribution in [-0.2, 0) is 4.79 Å². The summed E-state index contributed by atoms with van der Waals surface area (Å²) in [5, 5.41) is 0. The van der Waals surface area contributed by atoms with Crippen molar-refractivity contribution in [2.24, 2.45) is 0 Å². The van der Waals surface area contributed by atoms with E-state index in [1.165, 1.54) is 0 Å².